The molecular weight excluding hydrogens is 296 g/mol. The monoisotopic (exact) mass is 310 g/mol. The van der Waals surface area contributed by atoms with E-state index in [1.165, 1.54) is 42.5 Å². The van der Waals surface area contributed by atoms with Gasteiger partial charge in [0.25, 0.3) is 0 Å². The highest BCUT2D eigenvalue weighted by molar-refractivity contribution is 5.52. The summed E-state index contributed by atoms with van der Waals surface area (Å²) >= 11 is 0. The maximum absolute atomic E-state index is 13.5. The van der Waals surface area contributed by atoms with Crippen LogP contribution in [0.4, 0.5) is 17.6 Å². The lowest BCUT2D eigenvalue weighted by molar-refractivity contribution is -0.244. The van der Waals surface area contributed by atoms with Crippen molar-refractivity contribution in [3.8, 4) is 0 Å². The van der Waals surface area contributed by atoms with E-state index in [-0.39, 0.29) is 11.1 Å². The molecule has 0 aliphatic heterocycles. The number of halogens is 4. The van der Waals surface area contributed by atoms with Crippen LogP contribution < -0.4 is 0 Å². The van der Waals surface area contributed by atoms with Crippen molar-refractivity contribution in [2.45, 2.75) is 18.7 Å². The molecule has 2 aromatic rings. The molecule has 0 fully saturated rings. The molecule has 1 atom stereocenters. The topological polar surface area (TPSA) is 20.2 Å². The van der Waals surface area contributed by atoms with Gasteiger partial charge in [0.2, 0.25) is 5.60 Å². The second-order valence-corrected chi connectivity index (χ2v) is 4.99. The van der Waals surface area contributed by atoms with Gasteiger partial charge in [0, 0.05) is 5.56 Å². The smallest absolute Gasteiger partial charge is 0.373 e. The average molecular weight is 310 g/mol. The predicted molar refractivity (Wildman–Crippen MR) is 76.6 cm³/mol. The van der Waals surface area contributed by atoms with Gasteiger partial charge in [0.15, 0.2) is 0 Å². The van der Waals surface area contributed by atoms with E-state index >= 15 is 0 Å². The Balaban J connectivity index is 2.47. The van der Waals surface area contributed by atoms with Crippen LogP contribution >= 0.6 is 0 Å². The Morgan fingerprint density at radius 1 is 0.955 bits per heavy atom. The summed E-state index contributed by atoms with van der Waals surface area (Å²) in [5, 5.41) is 10.1. The highest BCUT2D eigenvalue weighted by Crippen LogP contribution is 2.40. The molecular formula is C17H14F4O. The molecule has 0 saturated heterocycles. The molecule has 0 aliphatic carbocycles. The van der Waals surface area contributed by atoms with Crippen molar-refractivity contribution in [1.82, 2.24) is 0 Å². The molecule has 0 radical (unpaired) electrons. The van der Waals surface area contributed by atoms with Crippen LogP contribution in [0.2, 0.25) is 0 Å². The van der Waals surface area contributed by atoms with Crippen LogP contribution in [0.25, 0.3) is 6.08 Å². The highest BCUT2D eigenvalue weighted by atomic mass is 19.4. The van der Waals surface area contributed by atoms with Crippen molar-refractivity contribution in [2.24, 2.45) is 0 Å². The number of alkyl halides is 3. The highest BCUT2D eigenvalue weighted by Gasteiger charge is 2.53. The van der Waals surface area contributed by atoms with E-state index in [1.807, 2.05) is 0 Å². The van der Waals surface area contributed by atoms with Gasteiger partial charge in [-0.05, 0) is 24.6 Å². The van der Waals surface area contributed by atoms with Gasteiger partial charge in [0.05, 0.1) is 0 Å². The molecule has 2 aromatic carbocycles. The quantitative estimate of drug-likeness (QED) is 0.822. The summed E-state index contributed by atoms with van der Waals surface area (Å²) in [6, 6.07) is 10.8. The first-order valence-electron chi connectivity index (χ1n) is 6.54. The van der Waals surface area contributed by atoms with Gasteiger partial charge in [-0.15, -0.1) is 0 Å². The minimum Gasteiger partial charge on any atom is -0.373 e. The van der Waals surface area contributed by atoms with Crippen LogP contribution in [0.5, 0.6) is 0 Å². The zero-order valence-electron chi connectivity index (χ0n) is 11.7. The Labute approximate surface area is 125 Å². The standard InChI is InChI=1S/C17H14F4O/c1-12-6-8-14(9-7-12)16(22,17(19,20)21)11-10-13-4-2-3-5-15(13)18/h2-11,22H,1H3. The fourth-order valence-corrected chi connectivity index (χ4v) is 1.98. The van der Waals surface area contributed by atoms with Gasteiger partial charge >= 0.3 is 6.18 Å². The Bertz CT molecular complexity index is 674. The first-order chi connectivity index (χ1) is 10.2. The molecule has 1 N–H and O–H groups in total. The lowest BCUT2D eigenvalue weighted by atomic mass is 9.91. The number of hydrogen-bond acceptors (Lipinski definition) is 1. The third kappa shape index (κ3) is 3.20. The predicted octanol–water partition coefficient (Wildman–Crippen LogP) is 4.60. The number of aryl methyl sites for hydroxylation is 1. The number of aliphatic hydroxyl groups is 1. The molecule has 0 aliphatic rings. The molecule has 0 saturated carbocycles. The van der Waals surface area contributed by atoms with Crippen LogP contribution in [0.15, 0.2) is 54.6 Å². The lowest BCUT2D eigenvalue weighted by Crippen LogP contribution is -2.40. The van der Waals surface area contributed by atoms with Gasteiger partial charge < -0.3 is 5.11 Å². The molecule has 2 rings (SSSR count). The summed E-state index contributed by atoms with van der Waals surface area (Å²) in [5.74, 6) is -0.660. The van der Waals surface area contributed by atoms with E-state index in [4.69, 9.17) is 0 Å². The van der Waals surface area contributed by atoms with Gasteiger partial charge in [-0.1, -0.05) is 54.1 Å². The van der Waals surface area contributed by atoms with E-state index in [0.717, 1.165) is 17.7 Å². The summed E-state index contributed by atoms with van der Waals surface area (Å²) in [6.07, 6.45) is -3.43. The summed E-state index contributed by atoms with van der Waals surface area (Å²) in [6.45, 7) is 1.73. The molecule has 1 nitrogen and oxygen atoms in total. The van der Waals surface area contributed by atoms with Crippen LogP contribution in [0.3, 0.4) is 0 Å². The maximum Gasteiger partial charge on any atom is 0.425 e. The molecule has 0 amide bonds. The molecule has 0 spiro atoms. The van der Waals surface area contributed by atoms with Crippen molar-refractivity contribution < 1.29 is 22.7 Å². The lowest BCUT2D eigenvalue weighted by Gasteiger charge is -2.28. The largest absolute Gasteiger partial charge is 0.425 e. The molecule has 5 heteroatoms. The van der Waals surface area contributed by atoms with Gasteiger partial charge in [0.1, 0.15) is 5.82 Å². The molecule has 22 heavy (non-hydrogen) atoms. The van der Waals surface area contributed by atoms with Crippen molar-refractivity contribution in [1.29, 1.82) is 0 Å². The summed E-state index contributed by atoms with van der Waals surface area (Å²) < 4.78 is 53.4. The minimum atomic E-state index is -4.93. The van der Waals surface area contributed by atoms with Crippen LogP contribution in [0, 0.1) is 12.7 Å². The Morgan fingerprint density at radius 3 is 2.09 bits per heavy atom. The zero-order chi connectivity index (χ0) is 16.4. The number of benzene rings is 2. The van der Waals surface area contributed by atoms with Gasteiger partial charge in [-0.3, -0.25) is 0 Å². The first kappa shape index (κ1) is 16.2. The van der Waals surface area contributed by atoms with E-state index in [9.17, 15) is 22.7 Å². The van der Waals surface area contributed by atoms with Crippen molar-refractivity contribution in [3.05, 3.63) is 77.1 Å². The van der Waals surface area contributed by atoms with Crippen LogP contribution in [-0.4, -0.2) is 11.3 Å². The van der Waals surface area contributed by atoms with Crippen LogP contribution in [0.1, 0.15) is 16.7 Å². The Hall–Kier alpha value is -2.14. The first-order valence-corrected chi connectivity index (χ1v) is 6.54. The maximum atomic E-state index is 13.5. The van der Waals surface area contributed by atoms with Gasteiger partial charge in [-0.2, -0.15) is 13.2 Å². The van der Waals surface area contributed by atoms with E-state index in [0.29, 0.717) is 6.08 Å². The molecule has 0 aromatic heterocycles. The summed E-state index contributed by atoms with van der Waals surface area (Å²) in [5.41, 5.74) is -2.76. The summed E-state index contributed by atoms with van der Waals surface area (Å²) in [4.78, 5) is 0. The normalized spacial score (nSPS) is 15.0. The van der Waals surface area contributed by atoms with Crippen LogP contribution in [-0.2, 0) is 5.60 Å². The molecule has 1 unspecified atom stereocenters. The van der Waals surface area contributed by atoms with Crippen molar-refractivity contribution in [3.63, 3.8) is 0 Å². The third-order valence-corrected chi connectivity index (χ3v) is 3.33. The van der Waals surface area contributed by atoms with E-state index in [2.05, 4.69) is 0 Å². The average Bonchev–Trinajstić information content (AvgIpc) is 2.45. The van der Waals surface area contributed by atoms with E-state index < -0.39 is 17.6 Å². The van der Waals surface area contributed by atoms with E-state index in [1.54, 1.807) is 6.92 Å². The van der Waals surface area contributed by atoms with Gasteiger partial charge in [-0.25, -0.2) is 4.39 Å². The molecule has 0 heterocycles. The number of rotatable bonds is 3. The fourth-order valence-electron chi connectivity index (χ4n) is 1.98. The zero-order valence-corrected chi connectivity index (χ0v) is 11.7. The second-order valence-electron chi connectivity index (χ2n) is 4.99. The Morgan fingerprint density at radius 2 is 1.55 bits per heavy atom. The minimum absolute atomic E-state index is 0.0303. The fraction of sp³-hybridized carbons (Fsp3) is 0.176. The van der Waals surface area contributed by atoms with Crippen molar-refractivity contribution in [2.75, 3.05) is 0 Å². The number of hydrogen-bond donors (Lipinski definition) is 1. The third-order valence-electron chi connectivity index (χ3n) is 3.33. The second kappa shape index (κ2) is 5.93. The Kier molecular flexibility index (Phi) is 4.37. The SMILES string of the molecule is Cc1ccc(C(O)(C=Cc2ccccc2F)C(F)(F)F)cc1. The summed E-state index contributed by atoms with van der Waals surface area (Å²) in [7, 11) is 0. The van der Waals surface area contributed by atoms with Crippen molar-refractivity contribution >= 4 is 6.08 Å². The molecule has 0 bridgehead atoms. The molecule has 116 valence electrons.